The second kappa shape index (κ2) is 6.28. The molecule has 0 bridgehead atoms. The van der Waals surface area contributed by atoms with Crippen molar-refractivity contribution >= 4 is 32.6 Å². The number of hydrogen-bond donors (Lipinski definition) is 1. The minimum Gasteiger partial charge on any atom is -0.302 e. The molecule has 1 aliphatic rings. The van der Waals surface area contributed by atoms with Gasteiger partial charge in [-0.3, -0.25) is 9.78 Å². The zero-order chi connectivity index (χ0) is 16.0. The van der Waals surface area contributed by atoms with Crippen molar-refractivity contribution in [3.8, 4) is 11.1 Å². The molecule has 1 saturated carbocycles. The van der Waals surface area contributed by atoms with Gasteiger partial charge in [0.05, 0.1) is 16.1 Å². The highest BCUT2D eigenvalue weighted by atomic mass is 32.1. The van der Waals surface area contributed by atoms with Gasteiger partial charge in [-0.2, -0.15) is 0 Å². The van der Waals surface area contributed by atoms with Gasteiger partial charge in [-0.25, -0.2) is 9.37 Å². The molecule has 124 valence electrons. The van der Waals surface area contributed by atoms with Gasteiger partial charge in [-0.05, 0) is 42.7 Å². The fourth-order valence-corrected chi connectivity index (χ4v) is 3.45. The smallest absolute Gasteiger partial charge is 0.232 e. The summed E-state index contributed by atoms with van der Waals surface area (Å²) < 4.78 is 13.9. The maximum absolute atomic E-state index is 12.9. The molecule has 0 aliphatic heterocycles. The molecule has 2 aromatic heterocycles. The Morgan fingerprint density at radius 1 is 1.38 bits per heavy atom. The molecule has 6 heteroatoms. The van der Waals surface area contributed by atoms with E-state index in [0.29, 0.717) is 11.6 Å². The van der Waals surface area contributed by atoms with E-state index >= 15 is 0 Å². The molecule has 0 radical (unpaired) electrons. The SMILES string of the molecule is C.Cc1ccncc1-c1ccc2nc(NC(=O)[C@@H]3C[C@H]3F)sc2c1. The van der Waals surface area contributed by atoms with Crippen LogP contribution in [0, 0.1) is 12.8 Å². The van der Waals surface area contributed by atoms with Gasteiger partial charge < -0.3 is 5.32 Å². The number of aryl methyl sites for hydroxylation is 1. The Hall–Kier alpha value is -2.34. The van der Waals surface area contributed by atoms with Crippen molar-refractivity contribution in [2.45, 2.75) is 26.9 Å². The van der Waals surface area contributed by atoms with Crippen LogP contribution in [-0.2, 0) is 4.79 Å². The molecule has 4 rings (SSSR count). The summed E-state index contributed by atoms with van der Waals surface area (Å²) in [6.07, 6.45) is 2.94. The van der Waals surface area contributed by atoms with Crippen LogP contribution in [0.15, 0.2) is 36.7 Å². The summed E-state index contributed by atoms with van der Waals surface area (Å²) in [4.78, 5) is 20.4. The number of benzene rings is 1. The van der Waals surface area contributed by atoms with Gasteiger partial charge in [0.25, 0.3) is 0 Å². The van der Waals surface area contributed by atoms with E-state index in [9.17, 15) is 9.18 Å². The number of nitrogens with zero attached hydrogens (tertiary/aromatic N) is 2. The lowest BCUT2D eigenvalue weighted by molar-refractivity contribution is -0.117. The normalized spacial score (nSPS) is 18.9. The number of hydrogen-bond acceptors (Lipinski definition) is 4. The molecule has 0 spiro atoms. The van der Waals surface area contributed by atoms with E-state index in [2.05, 4.69) is 15.3 Å². The van der Waals surface area contributed by atoms with Gasteiger partial charge in [-0.1, -0.05) is 24.8 Å². The summed E-state index contributed by atoms with van der Waals surface area (Å²) in [5.74, 6) is -0.782. The summed E-state index contributed by atoms with van der Waals surface area (Å²) >= 11 is 1.40. The summed E-state index contributed by atoms with van der Waals surface area (Å²) in [5.41, 5.74) is 4.12. The topological polar surface area (TPSA) is 54.9 Å². The molecule has 24 heavy (non-hydrogen) atoms. The van der Waals surface area contributed by atoms with Crippen molar-refractivity contribution in [2.75, 3.05) is 5.32 Å². The van der Waals surface area contributed by atoms with E-state index in [4.69, 9.17) is 0 Å². The van der Waals surface area contributed by atoms with Gasteiger partial charge in [-0.15, -0.1) is 0 Å². The number of rotatable bonds is 3. The van der Waals surface area contributed by atoms with Crippen LogP contribution in [0.4, 0.5) is 9.52 Å². The summed E-state index contributed by atoms with van der Waals surface area (Å²) in [6.45, 7) is 2.04. The number of fused-ring (bicyclic) bond motifs is 1. The van der Waals surface area contributed by atoms with Crippen LogP contribution < -0.4 is 5.32 Å². The number of alkyl halides is 1. The quantitative estimate of drug-likeness (QED) is 0.756. The van der Waals surface area contributed by atoms with E-state index in [0.717, 1.165) is 26.9 Å². The molecular weight excluding hydrogens is 325 g/mol. The van der Waals surface area contributed by atoms with Crippen LogP contribution in [0.3, 0.4) is 0 Å². The zero-order valence-corrected chi connectivity index (χ0v) is 13.2. The van der Waals surface area contributed by atoms with Gasteiger partial charge >= 0.3 is 0 Å². The molecule has 0 saturated heterocycles. The molecule has 1 aromatic carbocycles. The second-order valence-electron chi connectivity index (χ2n) is 5.74. The first-order valence-corrected chi connectivity index (χ1v) is 8.20. The Kier molecular flexibility index (Phi) is 4.32. The van der Waals surface area contributed by atoms with Crippen LogP contribution in [0.25, 0.3) is 21.3 Å². The number of carbonyl (C=O) groups is 1. The Morgan fingerprint density at radius 2 is 2.17 bits per heavy atom. The first kappa shape index (κ1) is 16.5. The van der Waals surface area contributed by atoms with Gasteiger partial charge in [0.2, 0.25) is 5.91 Å². The highest BCUT2D eigenvalue weighted by molar-refractivity contribution is 7.22. The van der Waals surface area contributed by atoms with Gasteiger partial charge in [0.1, 0.15) is 6.17 Å². The third-order valence-electron chi connectivity index (χ3n) is 4.02. The van der Waals surface area contributed by atoms with Gasteiger partial charge in [0, 0.05) is 18.0 Å². The number of aromatic nitrogens is 2. The average Bonchev–Trinajstić information content (AvgIpc) is 3.13. The van der Waals surface area contributed by atoms with Crippen LogP contribution in [0.1, 0.15) is 19.4 Å². The summed E-state index contributed by atoms with van der Waals surface area (Å²) in [7, 11) is 0. The Bertz CT molecular complexity index is 908. The number of carbonyl (C=O) groups excluding carboxylic acids is 1. The fourth-order valence-electron chi connectivity index (χ4n) is 2.55. The van der Waals surface area contributed by atoms with E-state index in [1.807, 2.05) is 37.4 Å². The van der Waals surface area contributed by atoms with E-state index in [1.165, 1.54) is 11.3 Å². The molecule has 1 amide bonds. The largest absolute Gasteiger partial charge is 0.302 e. The van der Waals surface area contributed by atoms with Crippen LogP contribution in [0.2, 0.25) is 0 Å². The monoisotopic (exact) mass is 343 g/mol. The molecule has 0 unspecified atom stereocenters. The van der Waals surface area contributed by atoms with E-state index in [-0.39, 0.29) is 13.3 Å². The molecule has 1 aliphatic carbocycles. The van der Waals surface area contributed by atoms with Crippen LogP contribution in [-0.4, -0.2) is 22.0 Å². The fraction of sp³-hybridized carbons (Fsp3) is 0.278. The van der Waals surface area contributed by atoms with Crippen molar-refractivity contribution in [1.29, 1.82) is 0 Å². The molecule has 3 aromatic rings. The molecule has 1 N–H and O–H groups in total. The zero-order valence-electron chi connectivity index (χ0n) is 12.4. The first-order valence-electron chi connectivity index (χ1n) is 7.38. The molecule has 1 fully saturated rings. The number of thiazole rings is 1. The number of anilines is 1. The van der Waals surface area contributed by atoms with Crippen molar-refractivity contribution in [1.82, 2.24) is 9.97 Å². The van der Waals surface area contributed by atoms with Crippen molar-refractivity contribution < 1.29 is 9.18 Å². The lowest BCUT2D eigenvalue weighted by atomic mass is 10.0. The lowest BCUT2D eigenvalue weighted by Crippen LogP contribution is -2.14. The Labute approximate surface area is 143 Å². The minimum absolute atomic E-state index is 0. The highest BCUT2D eigenvalue weighted by Crippen LogP contribution is 2.36. The maximum Gasteiger partial charge on any atom is 0.232 e. The van der Waals surface area contributed by atoms with Crippen molar-refractivity contribution in [3.05, 3.63) is 42.2 Å². The number of nitrogens with one attached hydrogen (secondary N) is 1. The Balaban J connectivity index is 0.00000169. The maximum atomic E-state index is 12.9. The molecular formula is C18H18FN3OS. The predicted molar refractivity (Wildman–Crippen MR) is 96.0 cm³/mol. The minimum atomic E-state index is -0.996. The number of amides is 1. The highest BCUT2D eigenvalue weighted by Gasteiger charge is 2.43. The standard InChI is InChI=1S/C17H14FN3OS.CH4/c1-9-4-5-19-8-12(9)10-2-3-14-15(6-10)23-17(20-14)21-16(22)11-7-13(11)18;/h2-6,8,11,13H,7H2,1H3,(H,20,21,22);1H4/t11-,13-;/m1./s1. The predicted octanol–water partition coefficient (Wildman–Crippen LogP) is 4.60. The van der Waals surface area contributed by atoms with E-state index in [1.54, 1.807) is 6.20 Å². The third-order valence-corrected chi connectivity index (χ3v) is 4.95. The third kappa shape index (κ3) is 3.01. The molecule has 2 heterocycles. The van der Waals surface area contributed by atoms with Crippen molar-refractivity contribution in [3.63, 3.8) is 0 Å². The lowest BCUT2D eigenvalue weighted by Gasteiger charge is -2.04. The number of halogens is 1. The van der Waals surface area contributed by atoms with Gasteiger partial charge in [0.15, 0.2) is 5.13 Å². The van der Waals surface area contributed by atoms with E-state index < -0.39 is 12.1 Å². The molecule has 4 nitrogen and oxygen atoms in total. The van der Waals surface area contributed by atoms with Crippen LogP contribution >= 0.6 is 11.3 Å². The second-order valence-corrected chi connectivity index (χ2v) is 6.77. The summed E-state index contributed by atoms with van der Waals surface area (Å²) in [6, 6.07) is 7.94. The number of pyridine rings is 1. The van der Waals surface area contributed by atoms with Crippen molar-refractivity contribution in [2.24, 2.45) is 5.92 Å². The summed E-state index contributed by atoms with van der Waals surface area (Å²) in [5, 5.41) is 3.23. The van der Waals surface area contributed by atoms with Crippen LogP contribution in [0.5, 0.6) is 0 Å². The first-order chi connectivity index (χ1) is 11.1. The Morgan fingerprint density at radius 3 is 2.88 bits per heavy atom. The molecule has 2 atom stereocenters. The average molecular weight is 343 g/mol.